The van der Waals surface area contributed by atoms with E-state index in [0.29, 0.717) is 6.04 Å². The topological polar surface area (TPSA) is 80.9 Å². The summed E-state index contributed by atoms with van der Waals surface area (Å²) in [5.74, 6) is 0.0402. The quantitative estimate of drug-likeness (QED) is 0.759. The van der Waals surface area contributed by atoms with E-state index in [2.05, 4.69) is 15.3 Å². The van der Waals surface area contributed by atoms with Crippen LogP contribution < -0.4 is 11.1 Å². The molecule has 16 heavy (non-hydrogen) atoms. The van der Waals surface area contributed by atoms with Crippen molar-refractivity contribution < 1.29 is 4.79 Å². The number of carbonyl (C=O) groups excluding carboxylic acids is 1. The molecule has 0 unspecified atom stereocenters. The number of nitrogens with two attached hydrogens (primary N) is 1. The lowest BCUT2D eigenvalue weighted by Gasteiger charge is -2.26. The molecule has 86 valence electrons. The Hall–Kier alpha value is -1.49. The molecule has 1 fully saturated rings. The van der Waals surface area contributed by atoms with Crippen LogP contribution in [0.5, 0.6) is 0 Å². The van der Waals surface area contributed by atoms with Crippen molar-refractivity contribution in [1.82, 2.24) is 15.3 Å². The van der Waals surface area contributed by atoms with E-state index in [1.807, 2.05) is 0 Å². The van der Waals surface area contributed by atoms with Crippen molar-refractivity contribution in [2.24, 2.45) is 5.73 Å². The summed E-state index contributed by atoms with van der Waals surface area (Å²) in [7, 11) is 0. The highest BCUT2D eigenvalue weighted by Crippen LogP contribution is 2.16. The first kappa shape index (κ1) is 11.0. The van der Waals surface area contributed by atoms with Crippen LogP contribution in [-0.2, 0) is 0 Å². The fourth-order valence-electron chi connectivity index (χ4n) is 1.93. The van der Waals surface area contributed by atoms with Gasteiger partial charge in [0.25, 0.3) is 5.91 Å². The Balaban J connectivity index is 1.88. The highest BCUT2D eigenvalue weighted by molar-refractivity contribution is 5.90. The van der Waals surface area contributed by atoms with Crippen LogP contribution in [0.3, 0.4) is 0 Å². The van der Waals surface area contributed by atoms with Crippen LogP contribution in [0, 0.1) is 0 Å². The number of carbonyl (C=O) groups is 1. The molecule has 0 bridgehead atoms. The number of nitrogens with zero attached hydrogens (tertiary/aromatic N) is 2. The third kappa shape index (κ3) is 2.76. The molecule has 1 heterocycles. The van der Waals surface area contributed by atoms with Gasteiger partial charge in [0, 0.05) is 24.5 Å². The van der Waals surface area contributed by atoms with E-state index in [1.54, 1.807) is 18.5 Å². The first-order valence-corrected chi connectivity index (χ1v) is 5.59. The smallest absolute Gasteiger partial charge is 0.289 e. The highest BCUT2D eigenvalue weighted by Gasteiger charge is 2.21. The summed E-state index contributed by atoms with van der Waals surface area (Å²) in [6.45, 7) is 0. The molecular weight excluding hydrogens is 204 g/mol. The minimum absolute atomic E-state index is 0.193. The number of rotatable bonds is 2. The molecule has 5 heteroatoms. The van der Waals surface area contributed by atoms with Crippen molar-refractivity contribution >= 4 is 5.91 Å². The van der Waals surface area contributed by atoms with Crippen LogP contribution in [0.2, 0.25) is 0 Å². The zero-order valence-electron chi connectivity index (χ0n) is 9.10. The summed E-state index contributed by atoms with van der Waals surface area (Å²) in [6.07, 6.45) is 6.97. The molecule has 3 N–H and O–H groups in total. The average Bonchev–Trinajstić information content (AvgIpc) is 2.33. The van der Waals surface area contributed by atoms with E-state index in [4.69, 9.17) is 5.73 Å². The molecule has 1 amide bonds. The van der Waals surface area contributed by atoms with Crippen LogP contribution in [0.25, 0.3) is 0 Å². The summed E-state index contributed by atoms with van der Waals surface area (Å²) in [6, 6.07) is 2.20. The highest BCUT2D eigenvalue weighted by atomic mass is 16.2. The van der Waals surface area contributed by atoms with Gasteiger partial charge in [0.2, 0.25) is 5.82 Å². The summed E-state index contributed by atoms with van der Waals surface area (Å²) in [5, 5.41) is 2.94. The van der Waals surface area contributed by atoms with Gasteiger partial charge in [0.05, 0.1) is 0 Å². The standard InChI is InChI=1S/C11H16N4O/c12-8-2-4-9(5-3-8)15-11(16)10-13-6-1-7-14-10/h1,6-9H,2-5,12H2,(H,15,16). The van der Waals surface area contributed by atoms with Gasteiger partial charge in [-0.15, -0.1) is 0 Å². The Bertz CT molecular complexity index is 346. The van der Waals surface area contributed by atoms with Crippen molar-refractivity contribution in [2.45, 2.75) is 37.8 Å². The van der Waals surface area contributed by atoms with Gasteiger partial charge >= 0.3 is 0 Å². The van der Waals surface area contributed by atoms with Crippen molar-refractivity contribution in [3.8, 4) is 0 Å². The third-order valence-corrected chi connectivity index (χ3v) is 2.88. The molecule has 0 aromatic carbocycles. The van der Waals surface area contributed by atoms with E-state index < -0.39 is 0 Å². The molecule has 0 aliphatic heterocycles. The fourth-order valence-corrected chi connectivity index (χ4v) is 1.93. The first-order valence-electron chi connectivity index (χ1n) is 5.59. The van der Waals surface area contributed by atoms with Crippen LogP contribution in [0.1, 0.15) is 36.3 Å². The van der Waals surface area contributed by atoms with Gasteiger partial charge < -0.3 is 11.1 Å². The van der Waals surface area contributed by atoms with Crippen molar-refractivity contribution in [3.05, 3.63) is 24.3 Å². The van der Waals surface area contributed by atoms with Gasteiger partial charge in [-0.2, -0.15) is 0 Å². The molecule has 1 aromatic heterocycles. The van der Waals surface area contributed by atoms with E-state index in [0.717, 1.165) is 25.7 Å². The average molecular weight is 220 g/mol. The van der Waals surface area contributed by atoms with Gasteiger partial charge in [0.15, 0.2) is 0 Å². The van der Waals surface area contributed by atoms with Crippen LogP contribution >= 0.6 is 0 Å². The molecule has 1 aliphatic rings. The van der Waals surface area contributed by atoms with Gasteiger partial charge in [0.1, 0.15) is 0 Å². The van der Waals surface area contributed by atoms with Gasteiger partial charge in [-0.05, 0) is 31.7 Å². The fraction of sp³-hybridized carbons (Fsp3) is 0.545. The normalized spacial score (nSPS) is 25.1. The molecular formula is C11H16N4O. The molecule has 1 aromatic rings. The first-order chi connectivity index (χ1) is 7.75. The van der Waals surface area contributed by atoms with E-state index in [9.17, 15) is 4.79 Å². The van der Waals surface area contributed by atoms with Crippen LogP contribution in [0.15, 0.2) is 18.5 Å². The Labute approximate surface area is 94.5 Å². The maximum atomic E-state index is 11.7. The summed E-state index contributed by atoms with van der Waals surface area (Å²) < 4.78 is 0. The molecule has 0 radical (unpaired) electrons. The van der Waals surface area contributed by atoms with Crippen molar-refractivity contribution in [3.63, 3.8) is 0 Å². The Morgan fingerprint density at radius 1 is 1.25 bits per heavy atom. The zero-order chi connectivity index (χ0) is 11.4. The molecule has 1 aliphatic carbocycles. The van der Waals surface area contributed by atoms with E-state index in [1.165, 1.54) is 0 Å². The molecule has 5 nitrogen and oxygen atoms in total. The lowest BCUT2D eigenvalue weighted by molar-refractivity contribution is 0.0915. The van der Waals surface area contributed by atoms with Crippen LogP contribution in [0.4, 0.5) is 0 Å². The van der Waals surface area contributed by atoms with Crippen LogP contribution in [-0.4, -0.2) is 28.0 Å². The summed E-state index contributed by atoms with van der Waals surface area (Å²) in [4.78, 5) is 19.5. The van der Waals surface area contributed by atoms with E-state index in [-0.39, 0.29) is 17.8 Å². The number of hydrogen-bond donors (Lipinski definition) is 2. The molecule has 1 saturated carbocycles. The Morgan fingerprint density at radius 3 is 2.50 bits per heavy atom. The number of amides is 1. The lowest BCUT2D eigenvalue weighted by Crippen LogP contribution is -2.40. The minimum atomic E-state index is -0.193. The molecule has 0 saturated heterocycles. The van der Waals surface area contributed by atoms with Gasteiger partial charge in [-0.25, -0.2) is 9.97 Å². The molecule has 2 rings (SSSR count). The van der Waals surface area contributed by atoms with Crippen molar-refractivity contribution in [1.29, 1.82) is 0 Å². The maximum Gasteiger partial charge on any atom is 0.289 e. The second-order valence-electron chi connectivity index (χ2n) is 4.16. The predicted molar refractivity (Wildman–Crippen MR) is 59.7 cm³/mol. The zero-order valence-corrected chi connectivity index (χ0v) is 9.10. The number of hydrogen-bond acceptors (Lipinski definition) is 4. The third-order valence-electron chi connectivity index (χ3n) is 2.88. The van der Waals surface area contributed by atoms with E-state index >= 15 is 0 Å². The predicted octanol–water partition coefficient (Wildman–Crippen LogP) is 0.476. The summed E-state index contributed by atoms with van der Waals surface area (Å²) in [5.41, 5.74) is 5.80. The second-order valence-corrected chi connectivity index (χ2v) is 4.16. The maximum absolute atomic E-state index is 11.7. The number of aromatic nitrogens is 2. The molecule has 0 atom stereocenters. The Morgan fingerprint density at radius 2 is 1.88 bits per heavy atom. The number of nitrogens with one attached hydrogen (secondary N) is 1. The second kappa shape index (κ2) is 5.03. The lowest BCUT2D eigenvalue weighted by atomic mass is 9.92. The van der Waals surface area contributed by atoms with Gasteiger partial charge in [-0.3, -0.25) is 4.79 Å². The largest absolute Gasteiger partial charge is 0.347 e. The van der Waals surface area contributed by atoms with Gasteiger partial charge in [-0.1, -0.05) is 0 Å². The minimum Gasteiger partial charge on any atom is -0.347 e. The Kier molecular flexibility index (Phi) is 3.46. The SMILES string of the molecule is NC1CCC(NC(=O)c2ncccn2)CC1. The molecule has 0 spiro atoms. The van der Waals surface area contributed by atoms with Crippen molar-refractivity contribution in [2.75, 3.05) is 0 Å². The monoisotopic (exact) mass is 220 g/mol. The summed E-state index contributed by atoms with van der Waals surface area (Å²) >= 11 is 0.